The van der Waals surface area contributed by atoms with Gasteiger partial charge in [-0.3, -0.25) is 0 Å². The molecule has 0 unspecified atom stereocenters. The third kappa shape index (κ3) is 3.48. The molecule has 5 heteroatoms. The molecule has 0 bridgehead atoms. The molecule has 110 valence electrons. The lowest BCUT2D eigenvalue weighted by Gasteiger charge is -2.34. The normalized spacial score (nSPS) is 22.4. The van der Waals surface area contributed by atoms with Crippen LogP contribution >= 0.6 is 0 Å². The van der Waals surface area contributed by atoms with Crippen molar-refractivity contribution in [1.29, 1.82) is 0 Å². The summed E-state index contributed by atoms with van der Waals surface area (Å²) in [7, 11) is 1.74. The third-order valence-corrected chi connectivity index (χ3v) is 4.06. The van der Waals surface area contributed by atoms with Crippen LogP contribution in [0.4, 0.5) is 14.9 Å². The molecule has 20 heavy (non-hydrogen) atoms. The molecule has 0 saturated heterocycles. The van der Waals surface area contributed by atoms with Crippen LogP contribution in [-0.2, 0) is 0 Å². The molecule has 4 nitrogen and oxygen atoms in total. The number of urea groups is 1. The van der Waals surface area contributed by atoms with Gasteiger partial charge in [-0.15, -0.1) is 0 Å². The monoisotopic (exact) mass is 280 g/mol. The van der Waals surface area contributed by atoms with Gasteiger partial charge in [0.2, 0.25) is 0 Å². The van der Waals surface area contributed by atoms with Gasteiger partial charge in [0.1, 0.15) is 5.82 Å². The topological polar surface area (TPSA) is 52.6 Å². The Labute approximate surface area is 118 Å². The van der Waals surface area contributed by atoms with Gasteiger partial charge >= 0.3 is 6.03 Å². The van der Waals surface area contributed by atoms with Crippen LogP contribution < -0.4 is 5.32 Å². The zero-order valence-corrected chi connectivity index (χ0v) is 11.7. The van der Waals surface area contributed by atoms with Gasteiger partial charge in [-0.05, 0) is 43.7 Å². The van der Waals surface area contributed by atoms with E-state index >= 15 is 0 Å². The van der Waals surface area contributed by atoms with Gasteiger partial charge in [0.25, 0.3) is 0 Å². The molecular formula is C15H21FN2O2. The first kappa shape index (κ1) is 14.8. The molecule has 0 aromatic heterocycles. The lowest BCUT2D eigenvalue weighted by Crippen LogP contribution is -2.42. The van der Waals surface area contributed by atoms with Crippen molar-refractivity contribution in [2.45, 2.75) is 31.7 Å². The number of para-hydroxylation sites is 1. The summed E-state index contributed by atoms with van der Waals surface area (Å²) in [6, 6.07) is 6.01. The molecule has 1 aliphatic rings. The predicted molar refractivity (Wildman–Crippen MR) is 76.0 cm³/mol. The molecule has 1 saturated carbocycles. The second kappa shape index (κ2) is 6.70. The van der Waals surface area contributed by atoms with Crippen LogP contribution in [-0.4, -0.2) is 35.7 Å². The lowest BCUT2D eigenvalue weighted by atomic mass is 9.86. The Morgan fingerprint density at radius 3 is 2.60 bits per heavy atom. The van der Waals surface area contributed by atoms with Crippen molar-refractivity contribution >= 4 is 11.7 Å². The van der Waals surface area contributed by atoms with Crippen molar-refractivity contribution in [3.63, 3.8) is 0 Å². The number of benzene rings is 1. The van der Waals surface area contributed by atoms with Crippen LogP contribution in [0.25, 0.3) is 0 Å². The smallest absolute Gasteiger partial charge is 0.321 e. The highest BCUT2D eigenvalue weighted by molar-refractivity contribution is 5.89. The number of carbonyl (C=O) groups is 1. The number of rotatable bonds is 3. The Bertz CT molecular complexity index is 459. The molecule has 1 aromatic rings. The van der Waals surface area contributed by atoms with E-state index in [0.29, 0.717) is 5.92 Å². The summed E-state index contributed by atoms with van der Waals surface area (Å²) in [4.78, 5) is 13.8. The van der Waals surface area contributed by atoms with Crippen LogP contribution in [0.3, 0.4) is 0 Å². The first-order valence-corrected chi connectivity index (χ1v) is 7.01. The Hall–Kier alpha value is -1.62. The Morgan fingerprint density at radius 1 is 1.35 bits per heavy atom. The van der Waals surface area contributed by atoms with Crippen LogP contribution in [0.5, 0.6) is 0 Å². The van der Waals surface area contributed by atoms with E-state index in [-0.39, 0.29) is 24.4 Å². The number of amides is 2. The van der Waals surface area contributed by atoms with E-state index in [4.69, 9.17) is 5.11 Å². The number of hydrogen-bond acceptors (Lipinski definition) is 2. The molecule has 0 radical (unpaired) electrons. The number of hydrogen-bond donors (Lipinski definition) is 2. The summed E-state index contributed by atoms with van der Waals surface area (Å²) < 4.78 is 13.5. The fraction of sp³-hybridized carbons (Fsp3) is 0.533. The van der Waals surface area contributed by atoms with Crippen molar-refractivity contribution < 1.29 is 14.3 Å². The fourth-order valence-electron chi connectivity index (χ4n) is 2.65. The molecule has 2 amide bonds. The number of halogens is 1. The highest BCUT2D eigenvalue weighted by atomic mass is 19.1. The van der Waals surface area contributed by atoms with Crippen LogP contribution in [0.2, 0.25) is 0 Å². The maximum Gasteiger partial charge on any atom is 0.321 e. The SMILES string of the molecule is CN(C(=O)Nc1ccccc1F)C1CCC(CO)CC1. The lowest BCUT2D eigenvalue weighted by molar-refractivity contribution is 0.139. The molecule has 0 aliphatic heterocycles. The van der Waals surface area contributed by atoms with Gasteiger partial charge in [-0.25, -0.2) is 9.18 Å². The van der Waals surface area contributed by atoms with Gasteiger partial charge in [0.15, 0.2) is 0 Å². The number of nitrogens with one attached hydrogen (secondary N) is 1. The summed E-state index contributed by atoms with van der Waals surface area (Å²) in [5.41, 5.74) is 0.202. The molecule has 1 fully saturated rings. The van der Waals surface area contributed by atoms with Gasteiger partial charge in [0.05, 0.1) is 5.69 Å². The predicted octanol–water partition coefficient (Wildman–Crippen LogP) is 2.84. The van der Waals surface area contributed by atoms with Crippen LogP contribution in [0.1, 0.15) is 25.7 Å². The molecule has 2 N–H and O–H groups in total. The Balaban J connectivity index is 1.91. The fourth-order valence-corrected chi connectivity index (χ4v) is 2.65. The standard InChI is InChI=1S/C15H21FN2O2/c1-18(12-8-6-11(10-19)7-9-12)15(20)17-14-5-3-2-4-13(14)16/h2-5,11-12,19H,6-10H2,1H3,(H,17,20). The van der Waals surface area contributed by atoms with E-state index < -0.39 is 5.82 Å². The van der Waals surface area contributed by atoms with E-state index in [0.717, 1.165) is 25.7 Å². The van der Waals surface area contributed by atoms with Crippen molar-refractivity contribution in [3.05, 3.63) is 30.1 Å². The Kier molecular flexibility index (Phi) is 4.95. The van der Waals surface area contributed by atoms with E-state index in [1.807, 2.05) is 0 Å². The molecule has 0 atom stereocenters. The quantitative estimate of drug-likeness (QED) is 0.894. The first-order chi connectivity index (χ1) is 9.61. The summed E-state index contributed by atoms with van der Waals surface area (Å²) in [5.74, 6) is -0.0764. The number of nitrogens with zero attached hydrogens (tertiary/aromatic N) is 1. The minimum Gasteiger partial charge on any atom is -0.396 e. The number of anilines is 1. The highest BCUT2D eigenvalue weighted by Gasteiger charge is 2.26. The zero-order chi connectivity index (χ0) is 14.5. The van der Waals surface area contributed by atoms with Gasteiger partial charge in [0, 0.05) is 19.7 Å². The average Bonchev–Trinajstić information content (AvgIpc) is 2.49. The zero-order valence-electron chi connectivity index (χ0n) is 11.7. The maximum absolute atomic E-state index is 13.5. The van der Waals surface area contributed by atoms with Gasteiger partial charge < -0.3 is 15.3 Å². The largest absolute Gasteiger partial charge is 0.396 e. The summed E-state index contributed by atoms with van der Waals surface area (Å²) in [6.07, 6.45) is 3.62. The van der Waals surface area contributed by atoms with Crippen molar-refractivity contribution in [3.8, 4) is 0 Å². The maximum atomic E-state index is 13.5. The van der Waals surface area contributed by atoms with Gasteiger partial charge in [-0.1, -0.05) is 12.1 Å². The number of carbonyl (C=O) groups excluding carboxylic acids is 1. The summed E-state index contributed by atoms with van der Waals surface area (Å²) >= 11 is 0. The number of aliphatic hydroxyl groups is 1. The first-order valence-electron chi connectivity index (χ1n) is 7.01. The van der Waals surface area contributed by atoms with Crippen LogP contribution in [0, 0.1) is 11.7 Å². The van der Waals surface area contributed by atoms with Gasteiger partial charge in [-0.2, -0.15) is 0 Å². The summed E-state index contributed by atoms with van der Waals surface area (Å²) in [6.45, 7) is 0.220. The average molecular weight is 280 g/mol. The highest BCUT2D eigenvalue weighted by Crippen LogP contribution is 2.27. The van der Waals surface area contributed by atoms with Crippen molar-refractivity contribution in [2.24, 2.45) is 5.92 Å². The van der Waals surface area contributed by atoms with E-state index in [1.54, 1.807) is 30.1 Å². The molecule has 0 heterocycles. The van der Waals surface area contributed by atoms with Crippen LogP contribution in [0.15, 0.2) is 24.3 Å². The van der Waals surface area contributed by atoms with E-state index in [9.17, 15) is 9.18 Å². The summed E-state index contributed by atoms with van der Waals surface area (Å²) in [5, 5.41) is 11.7. The third-order valence-electron chi connectivity index (χ3n) is 4.06. The molecule has 2 rings (SSSR count). The van der Waals surface area contributed by atoms with E-state index in [2.05, 4.69) is 5.32 Å². The molecular weight excluding hydrogens is 259 g/mol. The second-order valence-corrected chi connectivity index (χ2v) is 5.38. The second-order valence-electron chi connectivity index (χ2n) is 5.38. The minimum absolute atomic E-state index is 0.157. The molecule has 0 spiro atoms. The minimum atomic E-state index is -0.432. The molecule has 1 aliphatic carbocycles. The number of aliphatic hydroxyl groups excluding tert-OH is 1. The van der Waals surface area contributed by atoms with Crippen molar-refractivity contribution in [1.82, 2.24) is 4.90 Å². The molecule has 1 aromatic carbocycles. The van der Waals surface area contributed by atoms with Crippen molar-refractivity contribution in [2.75, 3.05) is 19.0 Å². The van der Waals surface area contributed by atoms with E-state index in [1.165, 1.54) is 6.07 Å². The Morgan fingerprint density at radius 2 is 2.00 bits per heavy atom.